The number of hydrogen-bond donors (Lipinski definition) is 7. The first-order chi connectivity index (χ1) is 19.0. The fourth-order valence-electron chi connectivity index (χ4n) is 5.03. The van der Waals surface area contributed by atoms with Gasteiger partial charge in [-0.25, -0.2) is 5.14 Å². The zero-order chi connectivity index (χ0) is 28.9. The van der Waals surface area contributed by atoms with E-state index >= 15 is 0 Å². The number of Topliss-reactive ketones (excluding diaryl/α,β-unsaturated/α-hetero) is 1. The Morgan fingerprint density at radius 1 is 0.950 bits per heavy atom. The third kappa shape index (κ3) is 6.90. The summed E-state index contributed by atoms with van der Waals surface area (Å²) in [5, 5.41) is 19.0. The molecule has 3 aromatic carbocycles. The first-order valence-corrected chi connectivity index (χ1v) is 14.3. The Morgan fingerprint density at radius 3 is 2.02 bits per heavy atom. The van der Waals surface area contributed by atoms with Gasteiger partial charge in [0.05, 0.1) is 6.04 Å². The average molecular weight is 564 g/mol. The molecule has 0 radical (unpaired) electrons. The molecule has 1 heterocycles. The van der Waals surface area contributed by atoms with Crippen LogP contribution in [0, 0.1) is 5.41 Å². The molecule has 0 spiro atoms. The topological polar surface area (TPSA) is 206 Å². The van der Waals surface area contributed by atoms with Crippen LogP contribution in [0.4, 0.5) is 5.69 Å². The minimum atomic E-state index is -4.35. The number of carbonyl (C=O) groups excluding carboxylic acids is 2. The summed E-state index contributed by atoms with van der Waals surface area (Å²) in [4.78, 5) is 27.7. The number of nitrogens with two attached hydrogens (primary N) is 3. The van der Waals surface area contributed by atoms with Gasteiger partial charge >= 0.3 is 0 Å². The van der Waals surface area contributed by atoms with Crippen molar-refractivity contribution in [1.82, 2.24) is 15.4 Å². The van der Waals surface area contributed by atoms with Gasteiger partial charge in [-0.05, 0) is 48.2 Å². The van der Waals surface area contributed by atoms with E-state index in [1.807, 2.05) is 12.1 Å². The highest BCUT2D eigenvalue weighted by atomic mass is 32.2. The van der Waals surface area contributed by atoms with Gasteiger partial charge in [0.25, 0.3) is 10.2 Å². The number of rotatable bonds is 11. The van der Waals surface area contributed by atoms with Gasteiger partial charge in [-0.3, -0.25) is 15.0 Å². The van der Waals surface area contributed by atoms with Gasteiger partial charge in [0.15, 0.2) is 5.78 Å². The summed E-state index contributed by atoms with van der Waals surface area (Å²) < 4.78 is 26.9. The van der Waals surface area contributed by atoms with Gasteiger partial charge in [-0.1, -0.05) is 66.7 Å². The van der Waals surface area contributed by atoms with E-state index in [9.17, 15) is 18.0 Å². The predicted molar refractivity (Wildman–Crippen MR) is 154 cm³/mol. The molecule has 210 valence electrons. The van der Waals surface area contributed by atoms with Crippen LogP contribution in [0.5, 0.6) is 0 Å². The van der Waals surface area contributed by atoms with E-state index in [2.05, 4.69) is 15.4 Å². The highest BCUT2D eigenvalue weighted by Crippen LogP contribution is 2.30. The van der Waals surface area contributed by atoms with Gasteiger partial charge in [0.2, 0.25) is 5.91 Å². The van der Waals surface area contributed by atoms with Crippen LogP contribution in [0.15, 0.2) is 78.9 Å². The maximum Gasteiger partial charge on any atom is 0.275 e. The number of hydrogen-bond acceptors (Lipinski definition) is 7. The van der Waals surface area contributed by atoms with Crippen molar-refractivity contribution in [2.75, 3.05) is 12.3 Å². The molecule has 1 aliphatic rings. The fourth-order valence-corrected chi connectivity index (χ4v) is 5.63. The third-order valence-corrected chi connectivity index (χ3v) is 7.48. The van der Waals surface area contributed by atoms with E-state index in [4.69, 9.17) is 22.0 Å². The lowest BCUT2D eigenvalue weighted by molar-refractivity contribution is -0.130. The van der Waals surface area contributed by atoms with Gasteiger partial charge in [0.1, 0.15) is 17.9 Å². The standard InChI is InChI=1S/C28H33N7O4S/c29-21-16-19(13-14-20(21)27(30)31)24(26(36)22-12-7-15-33-22)34-28(37)25(35-40(32,38)39)23(17-8-3-1-4-9-17)18-10-5-2-6-11-18/h1-6,8-11,13-14,16,22-25,33,35H,7,12,15,29H2,(H3,30,31)(H,34,37)(H2,32,38,39)/t22-,24?,25+/m0/s1. The molecular formula is C28H33N7O4S. The maximum atomic E-state index is 14.0. The van der Waals surface area contributed by atoms with Gasteiger partial charge < -0.3 is 22.1 Å². The third-order valence-electron chi connectivity index (χ3n) is 6.90. The van der Waals surface area contributed by atoms with Crippen LogP contribution in [0.2, 0.25) is 0 Å². The molecule has 3 aromatic rings. The monoisotopic (exact) mass is 563 g/mol. The smallest absolute Gasteiger partial charge is 0.275 e. The van der Waals surface area contributed by atoms with Crippen molar-refractivity contribution >= 4 is 33.4 Å². The van der Waals surface area contributed by atoms with Crippen LogP contribution in [-0.4, -0.2) is 44.6 Å². The molecule has 11 nitrogen and oxygen atoms in total. The molecule has 0 aromatic heterocycles. The van der Waals surface area contributed by atoms with Gasteiger partial charge in [-0.2, -0.15) is 13.1 Å². The Balaban J connectivity index is 1.78. The lowest BCUT2D eigenvalue weighted by atomic mass is 9.84. The Labute approximate surface area is 233 Å². The molecule has 3 atom stereocenters. The Morgan fingerprint density at radius 2 is 1.55 bits per heavy atom. The van der Waals surface area contributed by atoms with Gasteiger partial charge in [-0.15, -0.1) is 0 Å². The van der Waals surface area contributed by atoms with E-state index in [0.29, 0.717) is 35.2 Å². The zero-order valence-electron chi connectivity index (χ0n) is 21.7. The summed E-state index contributed by atoms with van der Waals surface area (Å²) in [6.45, 7) is 0.655. The average Bonchev–Trinajstić information content (AvgIpc) is 3.46. The number of nitrogen functional groups attached to an aromatic ring is 2. The summed E-state index contributed by atoms with van der Waals surface area (Å²) in [5.41, 5.74) is 13.9. The summed E-state index contributed by atoms with van der Waals surface area (Å²) in [6, 6.07) is 19.4. The molecular weight excluding hydrogens is 530 g/mol. The van der Waals surface area contributed by atoms with Crippen LogP contribution in [0.3, 0.4) is 0 Å². The highest BCUT2D eigenvalue weighted by molar-refractivity contribution is 7.87. The molecule has 1 unspecified atom stereocenters. The number of amides is 1. The van der Waals surface area contributed by atoms with Crippen LogP contribution >= 0.6 is 0 Å². The quantitative estimate of drug-likeness (QED) is 0.102. The lowest BCUT2D eigenvalue weighted by Crippen LogP contribution is -2.54. The summed E-state index contributed by atoms with van der Waals surface area (Å²) in [6.07, 6.45) is 1.38. The van der Waals surface area contributed by atoms with Gasteiger partial charge in [0, 0.05) is 17.2 Å². The molecule has 0 saturated carbocycles. The first-order valence-electron chi connectivity index (χ1n) is 12.8. The fraction of sp³-hybridized carbons (Fsp3) is 0.250. The van der Waals surface area contributed by atoms with Crippen molar-refractivity contribution in [2.24, 2.45) is 10.9 Å². The van der Waals surface area contributed by atoms with Crippen molar-refractivity contribution < 1.29 is 18.0 Å². The molecule has 0 bridgehead atoms. The Bertz CT molecular complexity index is 1440. The van der Waals surface area contributed by atoms with E-state index < -0.39 is 40.2 Å². The summed E-state index contributed by atoms with van der Waals surface area (Å²) >= 11 is 0. The number of carbonyl (C=O) groups is 2. The minimum absolute atomic E-state index is 0.169. The van der Waals surface area contributed by atoms with E-state index in [1.54, 1.807) is 54.6 Å². The van der Waals surface area contributed by atoms with Crippen molar-refractivity contribution in [3.05, 3.63) is 101 Å². The van der Waals surface area contributed by atoms with Crippen molar-refractivity contribution in [3.8, 4) is 0 Å². The minimum Gasteiger partial charge on any atom is -0.398 e. The van der Waals surface area contributed by atoms with Crippen LogP contribution in [0.25, 0.3) is 0 Å². The molecule has 4 rings (SSSR count). The number of nitrogens with one attached hydrogen (secondary N) is 4. The number of anilines is 1. The Hall–Kier alpha value is -4.10. The van der Waals surface area contributed by atoms with E-state index in [1.165, 1.54) is 12.1 Å². The largest absolute Gasteiger partial charge is 0.398 e. The molecule has 40 heavy (non-hydrogen) atoms. The zero-order valence-corrected chi connectivity index (χ0v) is 22.5. The van der Waals surface area contributed by atoms with Crippen LogP contribution < -0.4 is 32.0 Å². The molecule has 1 saturated heterocycles. The normalized spacial score (nSPS) is 16.8. The first kappa shape index (κ1) is 28.9. The summed E-state index contributed by atoms with van der Waals surface area (Å²) in [7, 11) is -4.35. The second-order valence-electron chi connectivity index (χ2n) is 9.69. The molecule has 10 N–H and O–H groups in total. The molecule has 1 amide bonds. The van der Waals surface area contributed by atoms with E-state index in [0.717, 1.165) is 6.42 Å². The second kappa shape index (κ2) is 12.4. The van der Waals surface area contributed by atoms with Crippen LogP contribution in [0.1, 0.15) is 47.1 Å². The highest BCUT2D eigenvalue weighted by Gasteiger charge is 2.38. The molecule has 0 aliphatic carbocycles. The number of ketones is 1. The van der Waals surface area contributed by atoms with Crippen LogP contribution in [-0.2, 0) is 19.8 Å². The number of amidine groups is 1. The van der Waals surface area contributed by atoms with Crippen molar-refractivity contribution in [2.45, 2.75) is 36.9 Å². The lowest BCUT2D eigenvalue weighted by Gasteiger charge is -2.30. The Kier molecular flexibility index (Phi) is 8.95. The number of benzene rings is 3. The van der Waals surface area contributed by atoms with Crippen molar-refractivity contribution in [3.63, 3.8) is 0 Å². The summed E-state index contributed by atoms with van der Waals surface area (Å²) in [5.74, 6) is -2.06. The van der Waals surface area contributed by atoms with E-state index in [-0.39, 0.29) is 17.3 Å². The SMILES string of the molecule is N=C(N)c1ccc(C(NC(=O)[C@H](NS(N)(=O)=O)C(c2ccccc2)c2ccccc2)C(=O)[C@@H]2CCCN2)cc1N. The maximum absolute atomic E-state index is 14.0. The second-order valence-corrected chi connectivity index (χ2v) is 11.0. The molecule has 1 fully saturated rings. The molecule has 1 aliphatic heterocycles. The molecule has 12 heteroatoms. The predicted octanol–water partition coefficient (Wildman–Crippen LogP) is 1.03. The van der Waals surface area contributed by atoms with Crippen molar-refractivity contribution in [1.29, 1.82) is 5.41 Å².